The maximum Gasteiger partial charge on any atom is 0.242 e. The van der Waals surface area contributed by atoms with E-state index >= 15 is 0 Å². The molecule has 2 aliphatic rings. The van der Waals surface area contributed by atoms with Crippen LogP contribution < -0.4 is 0 Å². The molecule has 0 saturated carbocycles. The molecule has 23 heavy (non-hydrogen) atoms. The van der Waals surface area contributed by atoms with Crippen LogP contribution in [0.5, 0.6) is 0 Å². The molecule has 2 fully saturated rings. The second-order valence-electron chi connectivity index (χ2n) is 7.45. The fourth-order valence-corrected chi connectivity index (χ4v) is 4.06. The van der Waals surface area contributed by atoms with Gasteiger partial charge in [-0.05, 0) is 82.7 Å². The van der Waals surface area contributed by atoms with Crippen LogP contribution in [0.2, 0.25) is 0 Å². The molecule has 2 aliphatic heterocycles. The topological polar surface area (TPSA) is 36.4 Å². The van der Waals surface area contributed by atoms with Gasteiger partial charge in [0.2, 0.25) is 5.91 Å². The van der Waals surface area contributed by atoms with Crippen molar-refractivity contribution in [3.63, 3.8) is 0 Å². The third-order valence-electron chi connectivity index (χ3n) is 5.89. The molecule has 2 saturated heterocycles. The monoisotopic (exact) mass is 315 g/mol. The van der Waals surface area contributed by atoms with Gasteiger partial charge in [-0.2, -0.15) is 0 Å². The molecule has 4 nitrogen and oxygen atoms in total. The van der Waals surface area contributed by atoms with Gasteiger partial charge in [0.25, 0.3) is 0 Å². The average Bonchev–Trinajstić information content (AvgIpc) is 2.59. The number of hydrogen-bond acceptors (Lipinski definition) is 3. The Morgan fingerprint density at radius 3 is 2.57 bits per heavy atom. The van der Waals surface area contributed by atoms with Gasteiger partial charge < -0.3 is 4.90 Å². The lowest BCUT2D eigenvalue weighted by Crippen LogP contribution is -2.59. The van der Waals surface area contributed by atoms with Gasteiger partial charge in [-0.1, -0.05) is 0 Å². The average molecular weight is 315 g/mol. The molecule has 4 heteroatoms. The Labute approximate surface area is 139 Å². The molecule has 0 aromatic carbocycles. The van der Waals surface area contributed by atoms with E-state index in [2.05, 4.69) is 40.9 Å². The number of carbonyl (C=O) groups is 1. The minimum atomic E-state index is -0.282. The first-order valence-electron chi connectivity index (χ1n) is 8.99. The maximum absolute atomic E-state index is 13.0. The summed E-state index contributed by atoms with van der Waals surface area (Å²) in [4.78, 5) is 21.5. The summed E-state index contributed by atoms with van der Waals surface area (Å²) in [5, 5.41) is 0. The standard InChI is InChI=1S/C19H29N3O/c1-19(9-3-4-12-21(19)2)18(23)22-13-7-17(8-14-22)15-16-5-10-20-11-6-16/h5-6,10-11,17H,3-4,7-9,12-15H2,1-2H3. The van der Waals surface area contributed by atoms with Gasteiger partial charge in [0.05, 0.1) is 5.54 Å². The predicted octanol–water partition coefficient (Wildman–Crippen LogP) is 2.74. The number of rotatable bonds is 3. The van der Waals surface area contributed by atoms with E-state index in [-0.39, 0.29) is 5.54 Å². The van der Waals surface area contributed by atoms with Gasteiger partial charge in [-0.3, -0.25) is 14.7 Å². The summed E-state index contributed by atoms with van der Waals surface area (Å²) < 4.78 is 0. The van der Waals surface area contributed by atoms with Gasteiger partial charge in [0, 0.05) is 25.5 Å². The van der Waals surface area contributed by atoms with Crippen LogP contribution in [0.3, 0.4) is 0 Å². The normalized spacial score (nSPS) is 27.1. The summed E-state index contributed by atoms with van der Waals surface area (Å²) in [5.74, 6) is 1.04. The minimum absolute atomic E-state index is 0.282. The molecule has 3 rings (SSSR count). The van der Waals surface area contributed by atoms with Crippen LogP contribution in [-0.2, 0) is 11.2 Å². The summed E-state index contributed by atoms with van der Waals surface area (Å²) in [6.45, 7) is 5.01. The molecule has 0 bridgehead atoms. The Hall–Kier alpha value is -1.42. The molecule has 1 atom stereocenters. The van der Waals surface area contributed by atoms with Gasteiger partial charge >= 0.3 is 0 Å². The van der Waals surface area contributed by atoms with E-state index in [1.807, 2.05) is 12.4 Å². The van der Waals surface area contributed by atoms with E-state index in [1.165, 1.54) is 18.4 Å². The van der Waals surface area contributed by atoms with Crippen molar-refractivity contribution < 1.29 is 4.79 Å². The number of likely N-dealkylation sites (N-methyl/N-ethyl adjacent to an activating group) is 1. The van der Waals surface area contributed by atoms with E-state index in [1.54, 1.807) is 0 Å². The van der Waals surface area contributed by atoms with Gasteiger partial charge in [0.1, 0.15) is 0 Å². The maximum atomic E-state index is 13.0. The lowest BCUT2D eigenvalue weighted by Gasteiger charge is -2.45. The van der Waals surface area contributed by atoms with E-state index in [0.29, 0.717) is 11.8 Å². The van der Waals surface area contributed by atoms with E-state index in [0.717, 1.165) is 45.3 Å². The first-order valence-corrected chi connectivity index (χ1v) is 8.99. The molecule has 0 spiro atoms. The van der Waals surface area contributed by atoms with Gasteiger partial charge in [-0.25, -0.2) is 0 Å². The Kier molecular flexibility index (Phi) is 5.00. The number of amides is 1. The third-order valence-corrected chi connectivity index (χ3v) is 5.89. The van der Waals surface area contributed by atoms with Crippen molar-refractivity contribution in [3.05, 3.63) is 30.1 Å². The number of piperidine rings is 2. The number of likely N-dealkylation sites (tertiary alicyclic amines) is 2. The van der Waals surface area contributed by atoms with Crippen LogP contribution in [0.25, 0.3) is 0 Å². The van der Waals surface area contributed by atoms with Crippen LogP contribution in [0.1, 0.15) is 44.6 Å². The van der Waals surface area contributed by atoms with Crippen molar-refractivity contribution in [1.29, 1.82) is 0 Å². The molecule has 1 aromatic rings. The van der Waals surface area contributed by atoms with Gasteiger partial charge in [-0.15, -0.1) is 0 Å². The Morgan fingerprint density at radius 1 is 1.22 bits per heavy atom. The molecule has 1 aromatic heterocycles. The molecule has 0 radical (unpaired) electrons. The van der Waals surface area contributed by atoms with E-state index < -0.39 is 0 Å². The number of carbonyl (C=O) groups excluding carboxylic acids is 1. The zero-order valence-electron chi connectivity index (χ0n) is 14.5. The van der Waals surface area contributed by atoms with Crippen molar-refractivity contribution in [1.82, 2.24) is 14.8 Å². The first kappa shape index (κ1) is 16.4. The highest BCUT2D eigenvalue weighted by Crippen LogP contribution is 2.30. The molecule has 0 N–H and O–H groups in total. The van der Waals surface area contributed by atoms with Crippen molar-refractivity contribution in [2.45, 2.75) is 51.0 Å². The van der Waals surface area contributed by atoms with Crippen LogP contribution in [0, 0.1) is 5.92 Å². The molecule has 1 unspecified atom stereocenters. The SMILES string of the molecule is CN1CCCCC1(C)C(=O)N1CCC(Cc2ccncc2)CC1. The van der Waals surface area contributed by atoms with Gasteiger partial charge in [0.15, 0.2) is 0 Å². The zero-order valence-corrected chi connectivity index (χ0v) is 14.5. The molecule has 126 valence electrons. The summed E-state index contributed by atoms with van der Waals surface area (Å²) >= 11 is 0. The summed E-state index contributed by atoms with van der Waals surface area (Å²) in [6, 6.07) is 4.21. The van der Waals surface area contributed by atoms with E-state index in [4.69, 9.17) is 0 Å². The van der Waals surface area contributed by atoms with Crippen molar-refractivity contribution in [3.8, 4) is 0 Å². The summed E-state index contributed by atoms with van der Waals surface area (Å²) in [5.41, 5.74) is 1.08. The highest BCUT2D eigenvalue weighted by atomic mass is 16.2. The Morgan fingerprint density at radius 2 is 1.91 bits per heavy atom. The van der Waals surface area contributed by atoms with Crippen LogP contribution >= 0.6 is 0 Å². The Bertz CT molecular complexity index is 525. The lowest BCUT2D eigenvalue weighted by molar-refractivity contribution is -0.146. The van der Waals surface area contributed by atoms with E-state index in [9.17, 15) is 4.79 Å². The quantitative estimate of drug-likeness (QED) is 0.860. The minimum Gasteiger partial charge on any atom is -0.341 e. The van der Waals surface area contributed by atoms with Crippen molar-refractivity contribution in [2.75, 3.05) is 26.7 Å². The lowest BCUT2D eigenvalue weighted by atomic mass is 9.85. The third kappa shape index (κ3) is 3.57. The highest BCUT2D eigenvalue weighted by Gasteiger charge is 2.42. The molecule has 0 aliphatic carbocycles. The number of hydrogen-bond donors (Lipinski definition) is 0. The highest BCUT2D eigenvalue weighted by molar-refractivity contribution is 5.86. The largest absolute Gasteiger partial charge is 0.341 e. The van der Waals surface area contributed by atoms with Crippen molar-refractivity contribution >= 4 is 5.91 Å². The molecular formula is C19H29N3O. The number of aromatic nitrogens is 1. The number of nitrogens with zero attached hydrogens (tertiary/aromatic N) is 3. The van der Waals surface area contributed by atoms with Crippen molar-refractivity contribution in [2.24, 2.45) is 5.92 Å². The van der Waals surface area contributed by atoms with Crippen LogP contribution in [0.15, 0.2) is 24.5 Å². The smallest absolute Gasteiger partial charge is 0.242 e. The first-order chi connectivity index (χ1) is 11.1. The van der Waals surface area contributed by atoms with Crippen LogP contribution in [-0.4, -0.2) is 52.9 Å². The molecule has 3 heterocycles. The predicted molar refractivity (Wildman–Crippen MR) is 92.1 cm³/mol. The zero-order chi connectivity index (χ0) is 16.3. The summed E-state index contributed by atoms with van der Waals surface area (Å²) in [7, 11) is 2.10. The Balaban J connectivity index is 1.55. The fourth-order valence-electron chi connectivity index (χ4n) is 4.06. The molecule has 1 amide bonds. The van der Waals surface area contributed by atoms with Crippen LogP contribution in [0.4, 0.5) is 0 Å². The summed E-state index contributed by atoms with van der Waals surface area (Å²) in [6.07, 6.45) is 10.5. The number of pyridine rings is 1. The fraction of sp³-hybridized carbons (Fsp3) is 0.684. The molecular weight excluding hydrogens is 286 g/mol. The second kappa shape index (κ2) is 7.00. The second-order valence-corrected chi connectivity index (χ2v) is 7.45.